The van der Waals surface area contributed by atoms with Gasteiger partial charge in [-0.1, -0.05) is 53.7 Å². The van der Waals surface area contributed by atoms with Gasteiger partial charge in [0.05, 0.1) is 22.3 Å². The minimum Gasteiger partial charge on any atom is -0.328 e. The predicted octanol–water partition coefficient (Wildman–Crippen LogP) is 5.53. The number of nitrogens with one attached hydrogen (secondary N) is 1. The molecule has 190 valence electrons. The fraction of sp³-hybridized carbons (Fsp3) is 0.207. The number of benzene rings is 3. The molecule has 0 radical (unpaired) electrons. The smallest absolute Gasteiger partial charge is 0.234 e. The number of fused-ring (bicyclic) bond motifs is 4. The zero-order valence-electron chi connectivity index (χ0n) is 21.5. The number of carbonyl (C=O) groups excluding carboxylic acids is 1. The lowest BCUT2D eigenvalue weighted by Gasteiger charge is -2.09. The van der Waals surface area contributed by atoms with Crippen molar-refractivity contribution >= 4 is 50.9 Å². The first-order chi connectivity index (χ1) is 18.5. The monoisotopic (exact) mass is 521 g/mol. The third-order valence-corrected chi connectivity index (χ3v) is 7.51. The van der Waals surface area contributed by atoms with Gasteiger partial charge in [0.25, 0.3) is 0 Å². The minimum absolute atomic E-state index is 0.0899. The van der Waals surface area contributed by atoms with Crippen LogP contribution in [0, 0.1) is 20.8 Å². The van der Waals surface area contributed by atoms with Crippen molar-refractivity contribution in [3.63, 3.8) is 0 Å². The van der Waals surface area contributed by atoms with E-state index in [2.05, 4.69) is 27.0 Å². The summed E-state index contributed by atoms with van der Waals surface area (Å²) in [7, 11) is 0. The van der Waals surface area contributed by atoms with Crippen molar-refractivity contribution < 1.29 is 4.79 Å². The van der Waals surface area contributed by atoms with E-state index in [1.807, 2.05) is 75.4 Å². The highest BCUT2D eigenvalue weighted by Gasteiger charge is 2.16. The number of para-hydroxylation sites is 3. The summed E-state index contributed by atoms with van der Waals surface area (Å²) in [6.07, 6.45) is 0.647. The number of rotatable bonds is 7. The molecule has 0 saturated carbocycles. The van der Waals surface area contributed by atoms with E-state index in [1.165, 1.54) is 11.8 Å². The Hall–Kier alpha value is -4.24. The van der Waals surface area contributed by atoms with Crippen LogP contribution in [0.4, 0.5) is 5.69 Å². The van der Waals surface area contributed by atoms with E-state index >= 15 is 0 Å². The van der Waals surface area contributed by atoms with E-state index in [0.717, 1.165) is 62.6 Å². The molecule has 0 spiro atoms. The van der Waals surface area contributed by atoms with E-state index in [-0.39, 0.29) is 11.7 Å². The van der Waals surface area contributed by atoms with E-state index in [0.29, 0.717) is 11.6 Å². The molecule has 6 aromatic rings. The summed E-state index contributed by atoms with van der Waals surface area (Å²) >= 11 is 1.36. The molecular formula is C29H27N7OS. The molecule has 0 bridgehead atoms. The molecule has 1 N–H and O–H groups in total. The van der Waals surface area contributed by atoms with Crippen molar-refractivity contribution in [3.05, 3.63) is 89.5 Å². The lowest BCUT2D eigenvalue weighted by atomic mass is 10.1. The van der Waals surface area contributed by atoms with Gasteiger partial charge in [-0.05, 0) is 56.7 Å². The molecule has 0 aliphatic rings. The predicted molar refractivity (Wildman–Crippen MR) is 152 cm³/mol. The first-order valence-electron chi connectivity index (χ1n) is 12.5. The Morgan fingerprint density at radius 1 is 0.921 bits per heavy atom. The van der Waals surface area contributed by atoms with Crippen LogP contribution in [0.15, 0.2) is 71.9 Å². The SMILES string of the molecule is Cc1ccc(NC(=O)CSc2nc3ccccc3c3nc(CCn4c(C)nc5ccccc54)nn23)c(C)c1. The zero-order chi connectivity index (χ0) is 26.2. The summed E-state index contributed by atoms with van der Waals surface area (Å²) in [4.78, 5) is 27.2. The topological polar surface area (TPSA) is 90.0 Å². The van der Waals surface area contributed by atoms with Gasteiger partial charge in [-0.2, -0.15) is 4.52 Å². The molecule has 3 aromatic carbocycles. The number of aromatic nitrogens is 6. The Morgan fingerprint density at radius 3 is 2.55 bits per heavy atom. The standard InChI is InChI=1S/C29H27N7OS/c1-18-12-13-22(19(2)16-18)31-27(37)17-38-29-32-23-9-5-4-8-21(23)28-33-26(34-36(28)29)14-15-35-20(3)30-24-10-6-7-11-25(24)35/h4-13,16H,14-15,17H2,1-3H3,(H,31,37). The van der Waals surface area contributed by atoms with E-state index in [1.54, 1.807) is 4.52 Å². The normalized spacial score (nSPS) is 11.6. The van der Waals surface area contributed by atoms with E-state index < -0.39 is 0 Å². The highest BCUT2D eigenvalue weighted by atomic mass is 32.2. The fourth-order valence-corrected chi connectivity index (χ4v) is 5.48. The zero-order valence-corrected chi connectivity index (χ0v) is 22.3. The van der Waals surface area contributed by atoms with Gasteiger partial charge in [0.2, 0.25) is 5.91 Å². The van der Waals surface area contributed by atoms with Gasteiger partial charge < -0.3 is 9.88 Å². The second kappa shape index (κ2) is 9.90. The van der Waals surface area contributed by atoms with Gasteiger partial charge in [-0.15, -0.1) is 5.10 Å². The maximum Gasteiger partial charge on any atom is 0.234 e. The Morgan fingerprint density at radius 2 is 1.71 bits per heavy atom. The highest BCUT2D eigenvalue weighted by molar-refractivity contribution is 7.99. The minimum atomic E-state index is -0.0899. The average Bonchev–Trinajstić information content (AvgIpc) is 3.48. The average molecular weight is 522 g/mol. The van der Waals surface area contributed by atoms with Gasteiger partial charge in [0.1, 0.15) is 5.82 Å². The molecular weight excluding hydrogens is 494 g/mol. The molecule has 3 heterocycles. The lowest BCUT2D eigenvalue weighted by molar-refractivity contribution is -0.113. The maximum absolute atomic E-state index is 12.8. The summed E-state index contributed by atoms with van der Waals surface area (Å²) in [5, 5.41) is 9.39. The fourth-order valence-electron chi connectivity index (χ4n) is 4.73. The number of nitrogens with zero attached hydrogens (tertiary/aromatic N) is 6. The summed E-state index contributed by atoms with van der Waals surface area (Å²) in [6, 6.07) is 22.0. The molecule has 3 aromatic heterocycles. The third-order valence-electron chi connectivity index (χ3n) is 6.59. The highest BCUT2D eigenvalue weighted by Crippen LogP contribution is 2.25. The van der Waals surface area contributed by atoms with Gasteiger partial charge >= 0.3 is 0 Å². The summed E-state index contributed by atoms with van der Waals surface area (Å²) in [6.45, 7) is 6.77. The van der Waals surface area contributed by atoms with Crippen LogP contribution in [0.25, 0.3) is 27.6 Å². The quantitative estimate of drug-likeness (QED) is 0.220. The van der Waals surface area contributed by atoms with Crippen LogP contribution in [-0.4, -0.2) is 40.8 Å². The first-order valence-corrected chi connectivity index (χ1v) is 13.5. The molecule has 8 nitrogen and oxygen atoms in total. The second-order valence-electron chi connectivity index (χ2n) is 9.38. The van der Waals surface area contributed by atoms with Crippen LogP contribution >= 0.6 is 11.8 Å². The molecule has 0 aliphatic carbocycles. The van der Waals surface area contributed by atoms with Crippen molar-refractivity contribution in [2.45, 2.75) is 38.9 Å². The van der Waals surface area contributed by atoms with Crippen LogP contribution in [0.1, 0.15) is 22.8 Å². The third kappa shape index (κ3) is 4.61. The second-order valence-corrected chi connectivity index (χ2v) is 10.3. The van der Waals surface area contributed by atoms with Crippen LogP contribution in [0.3, 0.4) is 0 Å². The molecule has 38 heavy (non-hydrogen) atoms. The number of thioether (sulfide) groups is 1. The molecule has 1 amide bonds. The van der Waals surface area contributed by atoms with E-state index in [9.17, 15) is 4.79 Å². The number of imidazole rings is 1. The van der Waals surface area contributed by atoms with Gasteiger partial charge in [0, 0.05) is 24.0 Å². The molecule has 0 fully saturated rings. The first kappa shape index (κ1) is 24.1. The number of carbonyl (C=O) groups is 1. The number of aryl methyl sites for hydroxylation is 5. The molecule has 0 saturated heterocycles. The molecule has 0 aliphatic heterocycles. The van der Waals surface area contributed by atoms with Crippen molar-refractivity contribution in [1.82, 2.24) is 29.1 Å². The van der Waals surface area contributed by atoms with Crippen molar-refractivity contribution in [3.8, 4) is 0 Å². The summed E-state index contributed by atoms with van der Waals surface area (Å²) in [5.74, 6) is 1.81. The maximum atomic E-state index is 12.8. The van der Waals surface area contributed by atoms with Gasteiger partial charge in [-0.3, -0.25) is 4.79 Å². The Bertz CT molecular complexity index is 1820. The van der Waals surface area contributed by atoms with Crippen LogP contribution in [-0.2, 0) is 17.8 Å². The number of hydrogen-bond donors (Lipinski definition) is 1. The Kier molecular flexibility index (Phi) is 6.29. The van der Waals surface area contributed by atoms with Crippen molar-refractivity contribution in [2.24, 2.45) is 0 Å². The molecule has 0 unspecified atom stereocenters. The molecule has 9 heteroatoms. The largest absolute Gasteiger partial charge is 0.328 e. The van der Waals surface area contributed by atoms with E-state index in [4.69, 9.17) is 15.1 Å². The Labute approximate surface area is 224 Å². The van der Waals surface area contributed by atoms with Gasteiger partial charge in [0.15, 0.2) is 16.6 Å². The van der Waals surface area contributed by atoms with Crippen LogP contribution in [0.2, 0.25) is 0 Å². The van der Waals surface area contributed by atoms with Crippen molar-refractivity contribution in [1.29, 1.82) is 0 Å². The number of anilines is 1. The van der Waals surface area contributed by atoms with Crippen molar-refractivity contribution in [2.75, 3.05) is 11.1 Å². The summed E-state index contributed by atoms with van der Waals surface area (Å²) < 4.78 is 3.97. The van der Waals surface area contributed by atoms with Gasteiger partial charge in [-0.25, -0.2) is 15.0 Å². The summed E-state index contributed by atoms with van der Waals surface area (Å²) in [5.41, 5.74) is 6.69. The van der Waals surface area contributed by atoms with Crippen LogP contribution in [0.5, 0.6) is 0 Å². The number of hydrogen-bond acceptors (Lipinski definition) is 6. The van der Waals surface area contributed by atoms with Crippen LogP contribution < -0.4 is 5.32 Å². The number of amides is 1. The molecule has 0 atom stereocenters. The lowest BCUT2D eigenvalue weighted by Crippen LogP contribution is -2.15. The molecule has 6 rings (SSSR count). The Balaban J connectivity index is 1.27.